The number of methoxy groups -OCH3 is 1. The van der Waals surface area contributed by atoms with Gasteiger partial charge in [0.25, 0.3) is 0 Å². The van der Waals surface area contributed by atoms with E-state index in [-0.39, 0.29) is 6.61 Å². The van der Waals surface area contributed by atoms with E-state index in [1.54, 1.807) is 7.11 Å². The molecule has 5 nitrogen and oxygen atoms in total. The molecule has 0 aliphatic carbocycles. The van der Waals surface area contributed by atoms with Crippen molar-refractivity contribution in [1.82, 2.24) is 9.55 Å². The molecule has 0 saturated carbocycles. The minimum atomic E-state index is -0.681. The Hall–Kier alpha value is -2.08. The molecule has 26 heavy (non-hydrogen) atoms. The number of para-hydroxylation sites is 2. The molecule has 0 amide bonds. The van der Waals surface area contributed by atoms with Crippen LogP contribution in [0.25, 0.3) is 11.0 Å². The van der Waals surface area contributed by atoms with Crippen molar-refractivity contribution in [2.45, 2.75) is 33.1 Å². The van der Waals surface area contributed by atoms with Gasteiger partial charge in [-0.3, -0.25) is 0 Å². The number of benzene rings is 2. The van der Waals surface area contributed by atoms with Crippen molar-refractivity contribution in [3.8, 4) is 5.75 Å². The molecule has 3 aromatic rings. The molecule has 2 aromatic carbocycles. The molecule has 1 N–H and O–H groups in total. The number of hydrogen-bond acceptors (Lipinski definition) is 4. The molecular weight excluding hydrogens is 352 g/mol. The molecular formula is C20H23ClN2O3. The number of ether oxygens (including phenoxy) is 2. The first-order valence-electron chi connectivity index (χ1n) is 8.50. The van der Waals surface area contributed by atoms with E-state index in [2.05, 4.69) is 4.98 Å². The fraction of sp³-hybridized carbons (Fsp3) is 0.350. The molecule has 0 unspecified atom stereocenters. The van der Waals surface area contributed by atoms with Gasteiger partial charge in [0.15, 0.2) is 0 Å². The van der Waals surface area contributed by atoms with Crippen molar-refractivity contribution in [3.63, 3.8) is 0 Å². The van der Waals surface area contributed by atoms with Crippen LogP contribution in [0, 0.1) is 13.8 Å². The Bertz CT molecular complexity index is 884. The highest BCUT2D eigenvalue weighted by molar-refractivity contribution is 6.32. The minimum absolute atomic E-state index is 0.180. The van der Waals surface area contributed by atoms with Gasteiger partial charge in [-0.05, 0) is 49.2 Å². The van der Waals surface area contributed by atoms with Crippen LogP contribution in [0.3, 0.4) is 0 Å². The average Bonchev–Trinajstić information content (AvgIpc) is 2.95. The fourth-order valence-corrected chi connectivity index (χ4v) is 3.12. The Morgan fingerprint density at radius 3 is 2.58 bits per heavy atom. The lowest BCUT2D eigenvalue weighted by Gasteiger charge is -2.16. The zero-order chi connectivity index (χ0) is 18.7. The van der Waals surface area contributed by atoms with Gasteiger partial charge in [0.1, 0.15) is 30.9 Å². The number of aromatic nitrogens is 2. The first-order valence-corrected chi connectivity index (χ1v) is 8.88. The Balaban J connectivity index is 1.73. The second-order valence-corrected chi connectivity index (χ2v) is 6.77. The van der Waals surface area contributed by atoms with Crippen LogP contribution in [-0.2, 0) is 17.9 Å². The predicted octanol–water partition coefficient (Wildman–Crippen LogP) is 3.89. The molecule has 0 radical (unpaired) electrons. The average molecular weight is 375 g/mol. The van der Waals surface area contributed by atoms with Crippen LogP contribution in [0.15, 0.2) is 36.4 Å². The number of hydrogen-bond donors (Lipinski definition) is 1. The van der Waals surface area contributed by atoms with Crippen LogP contribution in [0.1, 0.15) is 17.0 Å². The Morgan fingerprint density at radius 1 is 1.19 bits per heavy atom. The van der Waals surface area contributed by atoms with Gasteiger partial charge >= 0.3 is 0 Å². The van der Waals surface area contributed by atoms with Crippen molar-refractivity contribution in [2.75, 3.05) is 13.7 Å². The fourth-order valence-electron chi connectivity index (χ4n) is 3.01. The van der Waals surface area contributed by atoms with E-state index in [1.165, 1.54) is 0 Å². The van der Waals surface area contributed by atoms with Crippen molar-refractivity contribution in [3.05, 3.63) is 58.4 Å². The van der Waals surface area contributed by atoms with Crippen molar-refractivity contribution < 1.29 is 14.6 Å². The third kappa shape index (κ3) is 4.01. The number of aliphatic hydroxyl groups excluding tert-OH is 1. The lowest BCUT2D eigenvalue weighted by molar-refractivity contribution is 0.0901. The molecule has 1 aromatic heterocycles. The molecule has 0 bridgehead atoms. The second-order valence-electron chi connectivity index (χ2n) is 6.40. The summed E-state index contributed by atoms with van der Waals surface area (Å²) < 4.78 is 13.0. The zero-order valence-corrected chi connectivity index (χ0v) is 16.0. The molecule has 6 heteroatoms. The van der Waals surface area contributed by atoms with E-state index in [0.717, 1.165) is 33.0 Å². The van der Waals surface area contributed by atoms with Gasteiger partial charge in [-0.1, -0.05) is 23.7 Å². The van der Waals surface area contributed by atoms with E-state index >= 15 is 0 Å². The monoisotopic (exact) mass is 374 g/mol. The molecule has 138 valence electrons. The molecule has 0 aliphatic heterocycles. The summed E-state index contributed by atoms with van der Waals surface area (Å²) in [5.74, 6) is 1.49. The third-order valence-corrected chi connectivity index (χ3v) is 4.85. The molecule has 0 aliphatic rings. The first kappa shape index (κ1) is 18.7. The lowest BCUT2D eigenvalue weighted by atomic mass is 10.1. The van der Waals surface area contributed by atoms with Gasteiger partial charge in [-0.15, -0.1) is 0 Å². The number of nitrogens with zero attached hydrogens (tertiary/aromatic N) is 2. The molecule has 1 atom stereocenters. The van der Waals surface area contributed by atoms with Gasteiger partial charge < -0.3 is 19.1 Å². The zero-order valence-electron chi connectivity index (χ0n) is 15.2. The standard InChI is InChI=1S/C20H23ClN2O3/c1-13-8-16(9-14(2)20(13)21)26-11-15(24)10-23-18-7-5-4-6-17(18)22-19(23)12-25-3/h4-9,15,24H,10-12H2,1-3H3/t15-/m0/s1. The van der Waals surface area contributed by atoms with Crippen molar-refractivity contribution >= 4 is 22.6 Å². The minimum Gasteiger partial charge on any atom is -0.491 e. The molecule has 0 saturated heterocycles. The summed E-state index contributed by atoms with van der Waals surface area (Å²) in [5, 5.41) is 11.2. The Labute approximate surface area is 158 Å². The summed E-state index contributed by atoms with van der Waals surface area (Å²) in [6.45, 7) is 4.82. The van der Waals surface area contributed by atoms with E-state index in [9.17, 15) is 5.11 Å². The van der Waals surface area contributed by atoms with Gasteiger partial charge in [0, 0.05) is 12.1 Å². The normalized spacial score (nSPS) is 12.5. The quantitative estimate of drug-likeness (QED) is 0.681. The topological polar surface area (TPSA) is 56.5 Å². The van der Waals surface area contributed by atoms with Crippen LogP contribution in [0.2, 0.25) is 5.02 Å². The van der Waals surface area contributed by atoms with Crippen LogP contribution in [0.5, 0.6) is 5.75 Å². The first-order chi connectivity index (χ1) is 12.5. The smallest absolute Gasteiger partial charge is 0.136 e. The molecule has 0 spiro atoms. The van der Waals surface area contributed by atoms with Crippen molar-refractivity contribution in [2.24, 2.45) is 0 Å². The predicted molar refractivity (Wildman–Crippen MR) is 103 cm³/mol. The molecule has 1 heterocycles. The lowest BCUT2D eigenvalue weighted by Crippen LogP contribution is -2.24. The number of aryl methyl sites for hydroxylation is 2. The van der Waals surface area contributed by atoms with E-state index in [4.69, 9.17) is 21.1 Å². The largest absolute Gasteiger partial charge is 0.491 e. The Kier molecular flexibility index (Phi) is 5.81. The number of imidazole rings is 1. The van der Waals surface area contributed by atoms with Gasteiger partial charge in [-0.25, -0.2) is 4.98 Å². The van der Waals surface area contributed by atoms with E-state index in [0.29, 0.717) is 18.9 Å². The third-order valence-electron chi connectivity index (χ3n) is 4.25. The maximum atomic E-state index is 10.5. The van der Waals surface area contributed by atoms with E-state index < -0.39 is 6.10 Å². The molecule has 3 rings (SSSR count). The summed E-state index contributed by atoms with van der Waals surface area (Å²) >= 11 is 6.18. The second kappa shape index (κ2) is 8.08. The summed E-state index contributed by atoms with van der Waals surface area (Å²) in [6.07, 6.45) is -0.681. The summed E-state index contributed by atoms with van der Waals surface area (Å²) in [6, 6.07) is 11.6. The van der Waals surface area contributed by atoms with Crippen LogP contribution < -0.4 is 4.74 Å². The summed E-state index contributed by atoms with van der Waals surface area (Å²) in [7, 11) is 1.63. The van der Waals surface area contributed by atoms with Crippen molar-refractivity contribution in [1.29, 1.82) is 0 Å². The molecule has 0 fully saturated rings. The maximum Gasteiger partial charge on any atom is 0.136 e. The summed E-state index contributed by atoms with van der Waals surface area (Å²) in [5.41, 5.74) is 3.77. The number of halogens is 1. The maximum absolute atomic E-state index is 10.5. The van der Waals surface area contributed by atoms with Gasteiger partial charge in [0.05, 0.1) is 17.6 Å². The highest BCUT2D eigenvalue weighted by Crippen LogP contribution is 2.26. The Morgan fingerprint density at radius 2 is 1.88 bits per heavy atom. The van der Waals surface area contributed by atoms with Crippen LogP contribution in [0.4, 0.5) is 0 Å². The van der Waals surface area contributed by atoms with Crippen LogP contribution >= 0.6 is 11.6 Å². The SMILES string of the molecule is COCc1nc2ccccc2n1C[C@H](O)COc1cc(C)c(Cl)c(C)c1. The van der Waals surface area contributed by atoms with Gasteiger partial charge in [0.2, 0.25) is 0 Å². The number of fused-ring (bicyclic) bond motifs is 1. The highest BCUT2D eigenvalue weighted by atomic mass is 35.5. The highest BCUT2D eigenvalue weighted by Gasteiger charge is 2.15. The number of rotatable bonds is 7. The van der Waals surface area contributed by atoms with Crippen LogP contribution in [-0.4, -0.2) is 34.5 Å². The van der Waals surface area contributed by atoms with Gasteiger partial charge in [-0.2, -0.15) is 0 Å². The van der Waals surface area contributed by atoms with E-state index in [1.807, 2.05) is 54.8 Å². The number of aliphatic hydroxyl groups is 1. The summed E-state index contributed by atoms with van der Waals surface area (Å²) in [4.78, 5) is 4.58.